The number of aromatic nitrogens is 3. The van der Waals surface area contributed by atoms with Gasteiger partial charge in [-0.2, -0.15) is 4.98 Å². The summed E-state index contributed by atoms with van der Waals surface area (Å²) in [6, 6.07) is 15.2. The van der Waals surface area contributed by atoms with Gasteiger partial charge < -0.3 is 14.6 Å². The highest BCUT2D eigenvalue weighted by Gasteiger charge is 2.22. The van der Waals surface area contributed by atoms with E-state index in [4.69, 9.17) is 9.26 Å². The van der Waals surface area contributed by atoms with E-state index in [1.165, 1.54) is 16.9 Å². The first-order valence-corrected chi connectivity index (χ1v) is 11.5. The standard InChI is InChI=1S/C25H26N4O3S/c1-16-5-11-20(12-6-16)31-14-22-27-19(15-33-22)13-21(30)26-18-9-7-17(8-10-18)23-28-24(32-29-23)25(2,3)4/h5-12,15H,13-14H2,1-4H3,(H,26,30). The van der Waals surface area contributed by atoms with Crippen molar-refractivity contribution in [3.8, 4) is 17.1 Å². The SMILES string of the molecule is Cc1ccc(OCc2nc(CC(=O)Nc3ccc(-c4noc(C(C)(C)C)n4)cc3)cs2)cc1. The fourth-order valence-electron chi connectivity index (χ4n) is 2.99. The maximum absolute atomic E-state index is 12.5. The molecular formula is C25H26N4O3S. The molecule has 0 radical (unpaired) electrons. The number of benzene rings is 2. The lowest BCUT2D eigenvalue weighted by atomic mass is 9.97. The van der Waals surface area contributed by atoms with Gasteiger partial charge in [-0.1, -0.05) is 43.6 Å². The van der Waals surface area contributed by atoms with Crippen LogP contribution in [0.4, 0.5) is 5.69 Å². The predicted molar refractivity (Wildman–Crippen MR) is 128 cm³/mol. The fraction of sp³-hybridized carbons (Fsp3) is 0.280. The summed E-state index contributed by atoms with van der Waals surface area (Å²) in [5, 5.41) is 9.67. The van der Waals surface area contributed by atoms with Crippen LogP contribution in [0.25, 0.3) is 11.4 Å². The highest BCUT2D eigenvalue weighted by atomic mass is 32.1. The van der Waals surface area contributed by atoms with Gasteiger partial charge in [0.05, 0.1) is 12.1 Å². The van der Waals surface area contributed by atoms with E-state index >= 15 is 0 Å². The van der Waals surface area contributed by atoms with Crippen LogP contribution >= 0.6 is 11.3 Å². The third-order valence-corrected chi connectivity index (χ3v) is 5.69. The van der Waals surface area contributed by atoms with Crippen LogP contribution in [0.3, 0.4) is 0 Å². The fourth-order valence-corrected chi connectivity index (χ4v) is 3.70. The van der Waals surface area contributed by atoms with Crippen LogP contribution in [0.5, 0.6) is 5.75 Å². The minimum atomic E-state index is -0.207. The zero-order valence-corrected chi connectivity index (χ0v) is 19.9. The number of anilines is 1. The molecule has 0 aliphatic carbocycles. The number of rotatable bonds is 7. The summed E-state index contributed by atoms with van der Waals surface area (Å²) in [4.78, 5) is 21.4. The second-order valence-electron chi connectivity index (χ2n) is 8.81. The van der Waals surface area contributed by atoms with Crippen molar-refractivity contribution in [1.82, 2.24) is 15.1 Å². The Labute approximate surface area is 196 Å². The molecule has 2 aromatic carbocycles. The Balaban J connectivity index is 1.30. The molecule has 2 aromatic heterocycles. The number of nitrogens with one attached hydrogen (secondary N) is 1. The first kappa shape index (κ1) is 22.7. The lowest BCUT2D eigenvalue weighted by Crippen LogP contribution is -2.14. The zero-order chi connectivity index (χ0) is 23.4. The van der Waals surface area contributed by atoms with Crippen molar-refractivity contribution in [2.45, 2.75) is 46.1 Å². The van der Waals surface area contributed by atoms with Crippen LogP contribution in [0.2, 0.25) is 0 Å². The molecule has 0 aliphatic rings. The molecule has 0 unspecified atom stereocenters. The van der Waals surface area contributed by atoms with Gasteiger partial charge in [0.15, 0.2) is 0 Å². The summed E-state index contributed by atoms with van der Waals surface area (Å²) in [5.74, 6) is 1.78. The summed E-state index contributed by atoms with van der Waals surface area (Å²) >= 11 is 1.48. The van der Waals surface area contributed by atoms with Crippen LogP contribution in [-0.2, 0) is 23.2 Å². The summed E-state index contributed by atoms with van der Waals surface area (Å²) in [7, 11) is 0. The van der Waals surface area contributed by atoms with Gasteiger partial charge in [0.2, 0.25) is 17.6 Å². The quantitative estimate of drug-likeness (QED) is 0.387. The van der Waals surface area contributed by atoms with Crippen molar-refractivity contribution < 1.29 is 14.1 Å². The van der Waals surface area contributed by atoms with E-state index in [9.17, 15) is 4.79 Å². The van der Waals surface area contributed by atoms with Gasteiger partial charge in [-0.05, 0) is 43.3 Å². The number of carbonyl (C=O) groups is 1. The molecule has 1 N–H and O–H groups in total. The molecule has 0 fully saturated rings. The molecule has 4 aromatic rings. The van der Waals surface area contributed by atoms with Gasteiger partial charge in [0, 0.05) is 22.0 Å². The highest BCUT2D eigenvalue weighted by Crippen LogP contribution is 2.24. The summed E-state index contributed by atoms with van der Waals surface area (Å²) in [6.07, 6.45) is 0.197. The third-order valence-electron chi connectivity index (χ3n) is 4.82. The number of carbonyl (C=O) groups excluding carboxylic acids is 1. The van der Waals surface area contributed by atoms with Crippen molar-refractivity contribution in [3.05, 3.63) is 76.1 Å². The van der Waals surface area contributed by atoms with E-state index in [0.29, 0.717) is 24.0 Å². The van der Waals surface area contributed by atoms with Crippen molar-refractivity contribution in [1.29, 1.82) is 0 Å². The van der Waals surface area contributed by atoms with E-state index < -0.39 is 0 Å². The molecule has 0 atom stereocenters. The van der Waals surface area contributed by atoms with Crippen LogP contribution in [0.15, 0.2) is 58.4 Å². The molecule has 0 spiro atoms. The number of hydrogen-bond acceptors (Lipinski definition) is 7. The summed E-state index contributed by atoms with van der Waals surface area (Å²) in [6.45, 7) is 8.47. The smallest absolute Gasteiger partial charge is 0.232 e. The molecule has 8 heteroatoms. The molecule has 170 valence electrons. The number of hydrogen-bond donors (Lipinski definition) is 1. The predicted octanol–water partition coefficient (Wildman–Crippen LogP) is 5.56. The van der Waals surface area contributed by atoms with Gasteiger partial charge in [0.1, 0.15) is 17.4 Å². The van der Waals surface area contributed by atoms with Gasteiger partial charge >= 0.3 is 0 Å². The van der Waals surface area contributed by atoms with Crippen LogP contribution in [0, 0.1) is 6.92 Å². The second kappa shape index (κ2) is 9.54. The highest BCUT2D eigenvalue weighted by molar-refractivity contribution is 7.09. The lowest BCUT2D eigenvalue weighted by molar-refractivity contribution is -0.115. The largest absolute Gasteiger partial charge is 0.486 e. The Morgan fingerprint density at radius 1 is 1.06 bits per heavy atom. The molecule has 0 saturated carbocycles. The summed E-state index contributed by atoms with van der Waals surface area (Å²) in [5.41, 5.74) is 3.22. The van der Waals surface area contributed by atoms with E-state index in [1.807, 2.05) is 81.6 Å². The van der Waals surface area contributed by atoms with Gasteiger partial charge in [-0.15, -0.1) is 11.3 Å². The number of nitrogens with zero attached hydrogens (tertiary/aromatic N) is 3. The topological polar surface area (TPSA) is 90.1 Å². The van der Waals surface area contributed by atoms with E-state index in [-0.39, 0.29) is 17.7 Å². The first-order valence-electron chi connectivity index (χ1n) is 10.6. The zero-order valence-electron chi connectivity index (χ0n) is 19.1. The maximum atomic E-state index is 12.5. The first-order chi connectivity index (χ1) is 15.8. The minimum Gasteiger partial charge on any atom is -0.486 e. The van der Waals surface area contributed by atoms with Crippen LogP contribution in [-0.4, -0.2) is 21.0 Å². The average Bonchev–Trinajstić information content (AvgIpc) is 3.44. The Bertz CT molecular complexity index is 1220. The molecular weight excluding hydrogens is 436 g/mol. The number of aryl methyl sites for hydroxylation is 1. The number of ether oxygens (including phenoxy) is 1. The molecule has 4 rings (SSSR count). The Hall–Kier alpha value is -3.52. The summed E-state index contributed by atoms with van der Waals surface area (Å²) < 4.78 is 11.1. The Morgan fingerprint density at radius 3 is 2.45 bits per heavy atom. The second-order valence-corrected chi connectivity index (χ2v) is 9.75. The molecule has 0 saturated heterocycles. The normalized spacial score (nSPS) is 11.4. The monoisotopic (exact) mass is 462 g/mol. The van der Waals surface area contributed by atoms with Crippen molar-refractivity contribution in [3.63, 3.8) is 0 Å². The third kappa shape index (κ3) is 6.04. The van der Waals surface area contributed by atoms with Crippen molar-refractivity contribution >= 4 is 22.9 Å². The van der Waals surface area contributed by atoms with Crippen LogP contribution < -0.4 is 10.1 Å². The maximum Gasteiger partial charge on any atom is 0.232 e. The average molecular weight is 463 g/mol. The minimum absolute atomic E-state index is 0.131. The van der Waals surface area contributed by atoms with Crippen LogP contribution in [0.1, 0.15) is 42.9 Å². The van der Waals surface area contributed by atoms with Crippen molar-refractivity contribution in [2.75, 3.05) is 5.32 Å². The number of amides is 1. The van der Waals surface area contributed by atoms with Gasteiger partial charge in [-0.25, -0.2) is 4.98 Å². The molecule has 7 nitrogen and oxygen atoms in total. The van der Waals surface area contributed by atoms with E-state index in [2.05, 4.69) is 20.4 Å². The molecule has 0 aliphatic heterocycles. The molecule has 2 heterocycles. The molecule has 1 amide bonds. The lowest BCUT2D eigenvalue weighted by Gasteiger charge is -2.10. The number of thiazole rings is 1. The molecule has 33 heavy (non-hydrogen) atoms. The van der Waals surface area contributed by atoms with E-state index in [0.717, 1.165) is 22.0 Å². The van der Waals surface area contributed by atoms with Crippen molar-refractivity contribution in [2.24, 2.45) is 0 Å². The Kier molecular flexibility index (Phi) is 6.55. The van der Waals surface area contributed by atoms with Gasteiger partial charge in [-0.3, -0.25) is 4.79 Å². The van der Waals surface area contributed by atoms with Gasteiger partial charge in [0.25, 0.3) is 0 Å². The Morgan fingerprint density at radius 2 is 1.79 bits per heavy atom. The molecule has 0 bridgehead atoms. The van der Waals surface area contributed by atoms with E-state index in [1.54, 1.807) is 0 Å².